The molecule has 12 heteroatoms. The molecule has 2 atom stereocenters. The van der Waals surface area contributed by atoms with Crippen LogP contribution in [0.5, 0.6) is 0 Å². The van der Waals surface area contributed by atoms with E-state index in [1.807, 2.05) is 6.92 Å². The molecule has 0 aliphatic heterocycles. The van der Waals surface area contributed by atoms with Crippen LogP contribution in [0.3, 0.4) is 0 Å². The lowest BCUT2D eigenvalue weighted by molar-refractivity contribution is -0.138. The topological polar surface area (TPSA) is 126 Å². The van der Waals surface area contributed by atoms with Gasteiger partial charge in [-0.3, -0.25) is 9.59 Å². The summed E-state index contributed by atoms with van der Waals surface area (Å²) in [4.78, 5) is 30.7. The van der Waals surface area contributed by atoms with E-state index < -0.39 is 17.6 Å². The van der Waals surface area contributed by atoms with Crippen molar-refractivity contribution in [3.63, 3.8) is 0 Å². The Kier molecular flexibility index (Phi) is 7.63. The standard InChI is InChI=1S/C26H31F3N6O3/c1-14(7-9-36)31-25(38)22-23(30)33-35-8-6-21(32-24(22)35)18-10-19(15(2)20(11-18)26(27,28)29)12-34(13-37)16(3)17-4-5-17/h6,8,10-11,13-14,16-17,36H,4-5,7,9,12H2,1-3H3,(H2,30,33)(H,31,38). The summed E-state index contributed by atoms with van der Waals surface area (Å²) in [6, 6.07) is 3.69. The number of amides is 2. The minimum absolute atomic E-state index is 0.00888. The second-order valence-electron chi connectivity index (χ2n) is 9.89. The molecule has 4 N–H and O–H groups in total. The van der Waals surface area contributed by atoms with Crippen LogP contribution in [0.2, 0.25) is 0 Å². The van der Waals surface area contributed by atoms with Crippen LogP contribution in [-0.2, 0) is 17.5 Å². The molecule has 2 unspecified atom stereocenters. The molecule has 2 heterocycles. The maximum absolute atomic E-state index is 14.0. The molecular formula is C26H31F3N6O3. The number of carbonyl (C=O) groups is 2. The van der Waals surface area contributed by atoms with Crippen LogP contribution in [0, 0.1) is 12.8 Å². The molecule has 1 aromatic carbocycles. The summed E-state index contributed by atoms with van der Waals surface area (Å²) in [7, 11) is 0. The summed E-state index contributed by atoms with van der Waals surface area (Å²) in [5.41, 5.74) is 6.01. The largest absolute Gasteiger partial charge is 0.416 e. The number of anilines is 1. The average Bonchev–Trinajstić information content (AvgIpc) is 3.64. The molecule has 1 saturated carbocycles. The van der Waals surface area contributed by atoms with Crippen molar-refractivity contribution in [1.82, 2.24) is 24.8 Å². The van der Waals surface area contributed by atoms with Gasteiger partial charge in [0.2, 0.25) is 6.41 Å². The Hall–Kier alpha value is -3.67. The second-order valence-corrected chi connectivity index (χ2v) is 9.89. The molecule has 38 heavy (non-hydrogen) atoms. The highest BCUT2D eigenvalue weighted by Crippen LogP contribution is 2.38. The van der Waals surface area contributed by atoms with Crippen LogP contribution in [0.1, 0.15) is 60.2 Å². The first-order valence-corrected chi connectivity index (χ1v) is 12.4. The predicted octanol–water partition coefficient (Wildman–Crippen LogP) is 3.56. The van der Waals surface area contributed by atoms with Crippen molar-refractivity contribution in [2.75, 3.05) is 12.3 Å². The Balaban J connectivity index is 1.78. The van der Waals surface area contributed by atoms with Crippen LogP contribution in [0.4, 0.5) is 19.0 Å². The third-order valence-corrected chi connectivity index (χ3v) is 7.11. The number of aromatic nitrogens is 3. The number of alkyl halides is 3. The van der Waals surface area contributed by atoms with E-state index in [9.17, 15) is 22.8 Å². The first-order valence-electron chi connectivity index (χ1n) is 12.4. The molecule has 0 spiro atoms. The monoisotopic (exact) mass is 532 g/mol. The van der Waals surface area contributed by atoms with Crippen LogP contribution in [0.25, 0.3) is 16.9 Å². The van der Waals surface area contributed by atoms with E-state index in [0.29, 0.717) is 24.3 Å². The minimum atomic E-state index is -4.62. The van der Waals surface area contributed by atoms with Gasteiger partial charge < -0.3 is 21.1 Å². The lowest BCUT2D eigenvalue weighted by Crippen LogP contribution is -2.33. The highest BCUT2D eigenvalue weighted by molar-refractivity contribution is 6.04. The third kappa shape index (κ3) is 5.59. The van der Waals surface area contributed by atoms with Gasteiger partial charge in [0.1, 0.15) is 5.56 Å². The van der Waals surface area contributed by atoms with E-state index in [1.54, 1.807) is 13.0 Å². The number of carbonyl (C=O) groups excluding carboxylic acids is 2. The predicted molar refractivity (Wildman–Crippen MR) is 135 cm³/mol. The fourth-order valence-corrected chi connectivity index (χ4v) is 4.59. The molecule has 0 bridgehead atoms. The molecule has 2 amide bonds. The SMILES string of the molecule is Cc1c(CN(C=O)C(C)C2CC2)cc(-c2ccn3nc(N)c(C(=O)NC(C)CCO)c3n2)cc1C(F)(F)F. The molecular weight excluding hydrogens is 501 g/mol. The molecule has 0 radical (unpaired) electrons. The normalized spacial score (nSPS) is 15.3. The van der Waals surface area contributed by atoms with Crippen LogP contribution in [0.15, 0.2) is 24.4 Å². The maximum Gasteiger partial charge on any atom is 0.416 e. The van der Waals surface area contributed by atoms with Crippen molar-refractivity contribution in [1.29, 1.82) is 0 Å². The van der Waals surface area contributed by atoms with Crippen molar-refractivity contribution < 1.29 is 27.9 Å². The number of rotatable bonds is 10. The minimum Gasteiger partial charge on any atom is -0.396 e. The number of fused-ring (bicyclic) bond motifs is 1. The fraction of sp³-hybridized carbons (Fsp3) is 0.462. The van der Waals surface area contributed by atoms with Gasteiger partial charge in [0.05, 0.1) is 11.3 Å². The maximum atomic E-state index is 14.0. The van der Waals surface area contributed by atoms with Crippen LogP contribution >= 0.6 is 0 Å². The number of halogens is 3. The quantitative estimate of drug-likeness (QED) is 0.343. The molecule has 4 rings (SSSR count). The Labute approximate surface area is 217 Å². The van der Waals surface area contributed by atoms with Crippen molar-refractivity contribution in [2.45, 2.75) is 64.8 Å². The number of nitrogens with one attached hydrogen (secondary N) is 1. The summed E-state index contributed by atoms with van der Waals surface area (Å²) < 4.78 is 43.4. The summed E-state index contributed by atoms with van der Waals surface area (Å²) in [5.74, 6) is -0.286. The van der Waals surface area contributed by atoms with Gasteiger partial charge in [0, 0.05) is 37.0 Å². The molecule has 1 aliphatic rings. The van der Waals surface area contributed by atoms with Gasteiger partial charge in [0.25, 0.3) is 5.91 Å². The number of nitrogen functional groups attached to an aromatic ring is 1. The summed E-state index contributed by atoms with van der Waals surface area (Å²) in [6.45, 7) is 4.93. The third-order valence-electron chi connectivity index (χ3n) is 7.11. The highest BCUT2D eigenvalue weighted by Gasteiger charge is 2.35. The Bertz CT molecular complexity index is 1350. The van der Waals surface area contributed by atoms with Gasteiger partial charge in [-0.25, -0.2) is 9.50 Å². The molecule has 1 aliphatic carbocycles. The molecule has 1 fully saturated rings. The summed E-state index contributed by atoms with van der Waals surface area (Å²) in [6.07, 6.45) is -0.155. The number of aliphatic hydroxyl groups excluding tert-OH is 1. The number of hydrogen-bond donors (Lipinski definition) is 3. The second kappa shape index (κ2) is 10.6. The average molecular weight is 533 g/mol. The Morgan fingerprint density at radius 3 is 2.66 bits per heavy atom. The summed E-state index contributed by atoms with van der Waals surface area (Å²) >= 11 is 0. The summed E-state index contributed by atoms with van der Waals surface area (Å²) in [5, 5.41) is 15.9. The zero-order valence-corrected chi connectivity index (χ0v) is 21.4. The van der Waals surface area contributed by atoms with Gasteiger partial charge in [-0.1, -0.05) is 0 Å². The highest BCUT2D eigenvalue weighted by atomic mass is 19.4. The first kappa shape index (κ1) is 27.4. The molecule has 204 valence electrons. The van der Waals surface area contributed by atoms with Crippen molar-refractivity contribution >= 4 is 23.8 Å². The van der Waals surface area contributed by atoms with E-state index in [2.05, 4.69) is 15.4 Å². The Morgan fingerprint density at radius 2 is 2.05 bits per heavy atom. The number of benzene rings is 1. The molecule has 2 aromatic heterocycles. The van der Waals surface area contributed by atoms with Crippen LogP contribution < -0.4 is 11.1 Å². The van der Waals surface area contributed by atoms with E-state index in [4.69, 9.17) is 10.8 Å². The van der Waals surface area contributed by atoms with Crippen molar-refractivity contribution in [3.05, 3.63) is 46.6 Å². The van der Waals surface area contributed by atoms with E-state index in [1.165, 1.54) is 28.6 Å². The van der Waals surface area contributed by atoms with Gasteiger partial charge in [-0.15, -0.1) is 5.10 Å². The van der Waals surface area contributed by atoms with Gasteiger partial charge in [-0.2, -0.15) is 13.2 Å². The molecule has 0 saturated heterocycles. The zero-order valence-electron chi connectivity index (χ0n) is 21.4. The number of hydrogen-bond acceptors (Lipinski definition) is 6. The van der Waals surface area contributed by atoms with E-state index in [0.717, 1.165) is 18.9 Å². The van der Waals surface area contributed by atoms with Gasteiger partial charge in [0.15, 0.2) is 11.5 Å². The van der Waals surface area contributed by atoms with Crippen LogP contribution in [-0.4, -0.2) is 55.6 Å². The number of nitrogens with zero attached hydrogens (tertiary/aromatic N) is 4. The lowest BCUT2D eigenvalue weighted by Gasteiger charge is -2.27. The van der Waals surface area contributed by atoms with Crippen molar-refractivity contribution in [2.24, 2.45) is 5.92 Å². The lowest BCUT2D eigenvalue weighted by atomic mass is 9.96. The van der Waals surface area contributed by atoms with E-state index in [-0.39, 0.29) is 59.1 Å². The number of aliphatic hydroxyl groups is 1. The smallest absolute Gasteiger partial charge is 0.396 e. The molecule has 9 nitrogen and oxygen atoms in total. The zero-order chi connectivity index (χ0) is 27.8. The van der Waals surface area contributed by atoms with Gasteiger partial charge in [-0.05, 0) is 75.3 Å². The molecule has 3 aromatic rings. The number of nitrogens with two attached hydrogens (primary N) is 1. The van der Waals surface area contributed by atoms with E-state index >= 15 is 0 Å². The van der Waals surface area contributed by atoms with Crippen molar-refractivity contribution in [3.8, 4) is 11.3 Å². The Morgan fingerprint density at radius 1 is 1.34 bits per heavy atom. The fourth-order valence-electron chi connectivity index (χ4n) is 4.59. The van der Waals surface area contributed by atoms with Gasteiger partial charge >= 0.3 is 6.18 Å². The first-order chi connectivity index (χ1) is 17.9.